The molecule has 1 aliphatic heterocycles. The van der Waals surface area contributed by atoms with Crippen molar-refractivity contribution in [3.63, 3.8) is 0 Å². The largest absolute Gasteiger partial charge is 0.406 e. The summed E-state index contributed by atoms with van der Waals surface area (Å²) in [6.07, 6.45) is -0.115. The Morgan fingerprint density at radius 3 is 2.07 bits per heavy atom. The topological polar surface area (TPSA) is 9.23 Å². The molecule has 1 heterocycles. The molecule has 0 N–H and O–H groups in total. The van der Waals surface area contributed by atoms with Crippen LogP contribution in [0.5, 0.6) is 0 Å². The predicted molar refractivity (Wildman–Crippen MR) is 60.3 cm³/mol. The second-order valence-corrected chi connectivity index (χ2v) is 19.7. The summed E-state index contributed by atoms with van der Waals surface area (Å²) in [6, 6.07) is 0.771. The molecule has 0 amide bonds. The smallest absolute Gasteiger partial charge is 0.208 e. The van der Waals surface area contributed by atoms with E-state index in [1.54, 1.807) is 6.55 Å². The average Bonchev–Trinajstić information content (AvgIpc) is 2.23. The first kappa shape index (κ1) is 13.2. The molecule has 0 radical (unpaired) electrons. The van der Waals surface area contributed by atoms with Crippen LogP contribution < -0.4 is 0 Å². The van der Waals surface area contributed by atoms with Crippen LogP contribution in [0.1, 0.15) is 6.42 Å². The number of hydrogen-bond acceptors (Lipinski definition) is 1. The molecule has 0 aliphatic carbocycles. The summed E-state index contributed by atoms with van der Waals surface area (Å²) in [5, 5.41) is 0. The third-order valence-electron chi connectivity index (χ3n) is 3.82. The first-order valence-electron chi connectivity index (χ1n) is 5.23. The molecular formula is C9H19F3OSi2. The molecular weight excluding hydrogens is 237 g/mol. The van der Waals surface area contributed by atoms with Crippen LogP contribution in [-0.2, 0) is 4.43 Å². The van der Waals surface area contributed by atoms with Crippen LogP contribution in [0.3, 0.4) is 0 Å². The van der Waals surface area contributed by atoms with Gasteiger partial charge in [-0.05, 0) is 13.0 Å². The van der Waals surface area contributed by atoms with Gasteiger partial charge in [0.15, 0.2) is 0 Å². The van der Waals surface area contributed by atoms with Crippen molar-refractivity contribution in [3.8, 4) is 0 Å². The third kappa shape index (κ3) is 2.17. The van der Waals surface area contributed by atoms with E-state index in [9.17, 15) is 13.2 Å². The summed E-state index contributed by atoms with van der Waals surface area (Å²) in [5.74, 6) is 0. The van der Waals surface area contributed by atoms with Crippen molar-refractivity contribution < 1.29 is 17.6 Å². The molecule has 1 atom stereocenters. The molecule has 1 aliphatic rings. The monoisotopic (exact) mass is 256 g/mol. The lowest BCUT2D eigenvalue weighted by molar-refractivity contribution is 0.00207. The van der Waals surface area contributed by atoms with E-state index in [2.05, 4.69) is 13.1 Å². The summed E-state index contributed by atoms with van der Waals surface area (Å²) in [5.41, 5.74) is -1.32. The highest BCUT2D eigenvalue weighted by Crippen LogP contribution is 2.39. The molecule has 0 aromatic heterocycles. The molecule has 0 bridgehead atoms. The van der Waals surface area contributed by atoms with Gasteiger partial charge >= 0.3 is 0 Å². The van der Waals surface area contributed by atoms with Gasteiger partial charge in [-0.1, -0.05) is 19.1 Å². The molecule has 1 rings (SSSR count). The number of rotatable bonds is 3. The van der Waals surface area contributed by atoms with Crippen molar-refractivity contribution in [2.24, 2.45) is 0 Å². The van der Waals surface area contributed by atoms with E-state index < -0.39 is 40.7 Å². The molecule has 15 heavy (non-hydrogen) atoms. The average molecular weight is 256 g/mol. The molecule has 1 saturated heterocycles. The lowest BCUT2D eigenvalue weighted by Gasteiger charge is -2.50. The number of halogens is 3. The van der Waals surface area contributed by atoms with Crippen LogP contribution in [0, 0.1) is 0 Å². The van der Waals surface area contributed by atoms with Gasteiger partial charge in [0.05, 0.1) is 7.59 Å². The Bertz CT molecular complexity index is 233. The van der Waals surface area contributed by atoms with Crippen LogP contribution in [0.2, 0.25) is 25.7 Å². The van der Waals surface area contributed by atoms with E-state index in [-0.39, 0.29) is 0 Å². The van der Waals surface area contributed by atoms with E-state index >= 15 is 0 Å². The van der Waals surface area contributed by atoms with Gasteiger partial charge in [-0.15, -0.1) is 0 Å². The van der Waals surface area contributed by atoms with Gasteiger partial charge in [0, 0.05) is 0 Å². The van der Waals surface area contributed by atoms with Crippen molar-refractivity contribution >= 4 is 15.4 Å². The fourth-order valence-corrected chi connectivity index (χ4v) is 9.90. The van der Waals surface area contributed by atoms with E-state index in [0.717, 1.165) is 6.04 Å². The Kier molecular flexibility index (Phi) is 3.72. The molecule has 6 heteroatoms. The summed E-state index contributed by atoms with van der Waals surface area (Å²) < 4.78 is 44.3. The molecule has 0 saturated carbocycles. The predicted octanol–water partition coefficient (Wildman–Crippen LogP) is 2.96. The van der Waals surface area contributed by atoms with Crippen LogP contribution in [-0.4, -0.2) is 40.7 Å². The Hall–Kier alpha value is 0.184. The Morgan fingerprint density at radius 2 is 1.67 bits per heavy atom. The molecule has 1 unspecified atom stereocenters. The molecule has 1 fully saturated rings. The van der Waals surface area contributed by atoms with Gasteiger partial charge in [-0.25, -0.2) is 8.78 Å². The highest BCUT2D eigenvalue weighted by Gasteiger charge is 2.56. The van der Waals surface area contributed by atoms with Gasteiger partial charge < -0.3 is 4.43 Å². The van der Waals surface area contributed by atoms with Crippen LogP contribution in [0.15, 0.2) is 0 Å². The van der Waals surface area contributed by atoms with E-state index in [1.165, 1.54) is 0 Å². The Balaban J connectivity index is 2.93. The van der Waals surface area contributed by atoms with E-state index in [4.69, 9.17) is 4.43 Å². The minimum atomic E-state index is -2.52. The summed E-state index contributed by atoms with van der Waals surface area (Å²) in [4.78, 5) is 0. The Labute approximate surface area is 90.9 Å². The molecule has 0 spiro atoms. The normalized spacial score (nSPS) is 34.0. The molecule has 0 aromatic carbocycles. The third-order valence-corrected chi connectivity index (χ3v) is 19.6. The molecule has 90 valence electrons. The zero-order valence-corrected chi connectivity index (χ0v) is 11.6. The van der Waals surface area contributed by atoms with Gasteiger partial charge in [-0.3, -0.25) is 4.39 Å². The summed E-state index contributed by atoms with van der Waals surface area (Å²) in [7, 11) is -4.28. The summed E-state index contributed by atoms with van der Waals surface area (Å²) in [6.45, 7) is 4.25. The van der Waals surface area contributed by atoms with E-state index in [0.29, 0.717) is 6.42 Å². The van der Waals surface area contributed by atoms with Gasteiger partial charge in [-0.2, -0.15) is 0 Å². The first-order chi connectivity index (χ1) is 6.85. The van der Waals surface area contributed by atoms with Crippen molar-refractivity contribution in [3.05, 3.63) is 0 Å². The number of hydrogen-bond donors (Lipinski definition) is 0. The van der Waals surface area contributed by atoms with Gasteiger partial charge in [0.2, 0.25) is 7.83 Å². The van der Waals surface area contributed by atoms with Crippen molar-refractivity contribution in [2.45, 2.75) is 37.7 Å². The SMILES string of the molecule is C[Si]1(C)CCC(CF)(CF)O[Si]1(C)CF. The van der Waals surface area contributed by atoms with Crippen molar-refractivity contribution in [1.29, 1.82) is 0 Å². The van der Waals surface area contributed by atoms with Gasteiger partial charge in [0.1, 0.15) is 25.2 Å². The Morgan fingerprint density at radius 1 is 1.13 bits per heavy atom. The lowest BCUT2D eigenvalue weighted by atomic mass is 10.1. The zero-order valence-electron chi connectivity index (χ0n) is 9.58. The highest BCUT2D eigenvalue weighted by atomic mass is 29.3. The first-order valence-corrected chi connectivity index (χ1v) is 12.1. The van der Waals surface area contributed by atoms with E-state index in [1.807, 2.05) is 0 Å². The molecule has 0 aromatic rings. The molecule has 1 nitrogen and oxygen atoms in total. The van der Waals surface area contributed by atoms with Crippen LogP contribution >= 0.6 is 0 Å². The maximum atomic E-state index is 13.1. The van der Waals surface area contributed by atoms with Gasteiger partial charge in [0.25, 0.3) is 0 Å². The highest BCUT2D eigenvalue weighted by molar-refractivity contribution is 7.38. The van der Waals surface area contributed by atoms with Crippen molar-refractivity contribution in [2.75, 3.05) is 19.6 Å². The van der Waals surface area contributed by atoms with Crippen LogP contribution in [0.25, 0.3) is 0 Å². The number of alkyl halides is 3. The summed E-state index contributed by atoms with van der Waals surface area (Å²) >= 11 is 0. The quantitative estimate of drug-likeness (QED) is 0.705. The zero-order chi connectivity index (χ0) is 11.7. The maximum absolute atomic E-state index is 13.1. The van der Waals surface area contributed by atoms with Crippen LogP contribution in [0.4, 0.5) is 13.2 Å². The lowest BCUT2D eigenvalue weighted by Crippen LogP contribution is -2.69. The minimum Gasteiger partial charge on any atom is -0.406 e. The van der Waals surface area contributed by atoms with Crippen molar-refractivity contribution in [1.82, 2.24) is 0 Å². The standard InChI is InChI=1S/C9H19F3OSi2/c1-14(2)5-4-9(6-10,7-11)13-15(14,3)8-12/h4-8H2,1-3H3. The second-order valence-electron chi connectivity index (χ2n) is 5.30. The second kappa shape index (κ2) is 4.22. The maximum Gasteiger partial charge on any atom is 0.208 e. The minimum absolute atomic E-state index is 0.405. The fraction of sp³-hybridized carbons (Fsp3) is 1.00. The fourth-order valence-electron chi connectivity index (χ4n) is 1.90.